The number of nitrogens with zero attached hydrogens (tertiary/aromatic N) is 1. The van der Waals surface area contributed by atoms with E-state index in [-0.39, 0.29) is 0 Å². The highest BCUT2D eigenvalue weighted by molar-refractivity contribution is 5.62. The first-order chi connectivity index (χ1) is 9.78. The highest BCUT2D eigenvalue weighted by atomic mass is 16.5. The molecule has 0 spiro atoms. The normalized spacial score (nSPS) is 9.95. The van der Waals surface area contributed by atoms with Crippen molar-refractivity contribution < 1.29 is 14.2 Å². The van der Waals surface area contributed by atoms with E-state index in [0.717, 1.165) is 11.4 Å². The minimum Gasteiger partial charge on any atom is -0.493 e. The number of nitrogens with one attached hydrogen (secondary N) is 1. The van der Waals surface area contributed by atoms with Crippen LogP contribution in [0.25, 0.3) is 0 Å². The van der Waals surface area contributed by atoms with E-state index in [4.69, 9.17) is 14.2 Å². The summed E-state index contributed by atoms with van der Waals surface area (Å²) in [6, 6.07) is 9.54. The van der Waals surface area contributed by atoms with Crippen LogP contribution >= 0.6 is 0 Å². The van der Waals surface area contributed by atoms with E-state index in [1.807, 2.05) is 30.3 Å². The Labute approximate surface area is 118 Å². The molecule has 20 heavy (non-hydrogen) atoms. The minimum atomic E-state index is 0.582. The van der Waals surface area contributed by atoms with Crippen molar-refractivity contribution in [1.29, 1.82) is 0 Å². The maximum absolute atomic E-state index is 5.31. The van der Waals surface area contributed by atoms with Crippen LogP contribution in [0.3, 0.4) is 0 Å². The van der Waals surface area contributed by atoms with Crippen molar-refractivity contribution in [2.75, 3.05) is 26.6 Å². The summed E-state index contributed by atoms with van der Waals surface area (Å²) in [5, 5.41) is 3.28. The Bertz CT molecular complexity index is 533. The molecule has 1 aromatic heterocycles. The highest BCUT2D eigenvalue weighted by Crippen LogP contribution is 2.39. The molecule has 0 unspecified atom stereocenters. The van der Waals surface area contributed by atoms with Gasteiger partial charge in [0.1, 0.15) is 0 Å². The lowest BCUT2D eigenvalue weighted by molar-refractivity contribution is 0.324. The number of aromatic nitrogens is 1. The average Bonchev–Trinajstić information content (AvgIpc) is 2.52. The van der Waals surface area contributed by atoms with Gasteiger partial charge >= 0.3 is 0 Å². The summed E-state index contributed by atoms with van der Waals surface area (Å²) in [5.41, 5.74) is 1.84. The van der Waals surface area contributed by atoms with Crippen molar-refractivity contribution >= 4 is 5.69 Å². The van der Waals surface area contributed by atoms with Crippen LogP contribution in [0, 0.1) is 0 Å². The van der Waals surface area contributed by atoms with Crippen LogP contribution in [0.2, 0.25) is 0 Å². The summed E-state index contributed by atoms with van der Waals surface area (Å²) in [6.45, 7) is 0.624. The van der Waals surface area contributed by atoms with E-state index in [1.165, 1.54) is 0 Å². The molecule has 0 amide bonds. The lowest BCUT2D eigenvalue weighted by atomic mass is 10.2. The van der Waals surface area contributed by atoms with E-state index in [0.29, 0.717) is 23.8 Å². The highest BCUT2D eigenvalue weighted by Gasteiger charge is 2.12. The first-order valence-corrected chi connectivity index (χ1v) is 6.22. The predicted octanol–water partition coefficient (Wildman–Crippen LogP) is 2.72. The molecule has 0 saturated carbocycles. The van der Waals surface area contributed by atoms with Gasteiger partial charge in [-0.2, -0.15) is 0 Å². The Morgan fingerprint density at radius 3 is 2.20 bits per heavy atom. The van der Waals surface area contributed by atoms with Crippen LogP contribution in [0.15, 0.2) is 36.5 Å². The van der Waals surface area contributed by atoms with Crippen molar-refractivity contribution in [2.45, 2.75) is 6.54 Å². The lowest BCUT2D eigenvalue weighted by Crippen LogP contribution is -2.03. The molecule has 0 saturated heterocycles. The number of pyridine rings is 1. The Morgan fingerprint density at radius 2 is 1.70 bits per heavy atom. The van der Waals surface area contributed by atoms with Crippen LogP contribution < -0.4 is 19.5 Å². The summed E-state index contributed by atoms with van der Waals surface area (Å²) in [4.78, 5) is 4.26. The molecule has 106 valence electrons. The third-order valence-electron chi connectivity index (χ3n) is 2.86. The van der Waals surface area contributed by atoms with Crippen LogP contribution in [0.5, 0.6) is 17.2 Å². The van der Waals surface area contributed by atoms with E-state index < -0.39 is 0 Å². The van der Waals surface area contributed by atoms with Gasteiger partial charge in [0.2, 0.25) is 5.75 Å². The van der Waals surface area contributed by atoms with Gasteiger partial charge in [-0.05, 0) is 12.1 Å². The monoisotopic (exact) mass is 274 g/mol. The van der Waals surface area contributed by atoms with Gasteiger partial charge in [-0.3, -0.25) is 4.98 Å². The van der Waals surface area contributed by atoms with Gasteiger partial charge < -0.3 is 19.5 Å². The predicted molar refractivity (Wildman–Crippen MR) is 77.7 cm³/mol. The summed E-state index contributed by atoms with van der Waals surface area (Å²) >= 11 is 0. The standard InChI is InChI=1S/C15H18N2O3/c1-18-13-8-12(9-14(19-2)15(13)20-3)17-10-11-6-4-5-7-16-11/h4-9,17H,10H2,1-3H3. The zero-order valence-electron chi connectivity index (χ0n) is 11.8. The van der Waals surface area contributed by atoms with Gasteiger partial charge in [0.25, 0.3) is 0 Å². The number of hydrogen-bond acceptors (Lipinski definition) is 5. The smallest absolute Gasteiger partial charge is 0.203 e. The maximum Gasteiger partial charge on any atom is 0.203 e. The zero-order valence-corrected chi connectivity index (χ0v) is 11.8. The molecule has 0 atom stereocenters. The third-order valence-corrected chi connectivity index (χ3v) is 2.86. The van der Waals surface area contributed by atoms with Crippen LogP contribution in [-0.4, -0.2) is 26.3 Å². The molecule has 0 radical (unpaired) electrons. The second-order valence-electron chi connectivity index (χ2n) is 4.09. The van der Waals surface area contributed by atoms with Gasteiger partial charge in [-0.1, -0.05) is 6.07 Å². The number of anilines is 1. The molecule has 1 N–H and O–H groups in total. The largest absolute Gasteiger partial charge is 0.493 e. The van der Waals surface area contributed by atoms with Crippen molar-refractivity contribution in [1.82, 2.24) is 4.98 Å². The van der Waals surface area contributed by atoms with E-state index in [1.54, 1.807) is 27.5 Å². The van der Waals surface area contributed by atoms with Gasteiger partial charge in [0, 0.05) is 24.0 Å². The van der Waals surface area contributed by atoms with Crippen molar-refractivity contribution in [3.8, 4) is 17.2 Å². The van der Waals surface area contributed by atoms with Crippen LogP contribution in [-0.2, 0) is 6.54 Å². The van der Waals surface area contributed by atoms with Gasteiger partial charge in [0.05, 0.1) is 33.6 Å². The minimum absolute atomic E-state index is 0.582. The molecule has 5 heteroatoms. The Kier molecular flexibility index (Phi) is 4.65. The molecule has 1 aromatic carbocycles. The van der Waals surface area contributed by atoms with Gasteiger partial charge in [-0.25, -0.2) is 0 Å². The Balaban J connectivity index is 2.19. The van der Waals surface area contributed by atoms with Crippen LogP contribution in [0.4, 0.5) is 5.69 Å². The fourth-order valence-electron chi connectivity index (χ4n) is 1.88. The summed E-state index contributed by atoms with van der Waals surface area (Å²) in [5.74, 6) is 1.82. The van der Waals surface area contributed by atoms with E-state index in [2.05, 4.69) is 10.3 Å². The molecule has 2 aromatic rings. The molecule has 0 bridgehead atoms. The summed E-state index contributed by atoms with van der Waals surface area (Å²) in [7, 11) is 4.78. The summed E-state index contributed by atoms with van der Waals surface area (Å²) in [6.07, 6.45) is 1.77. The fourth-order valence-corrected chi connectivity index (χ4v) is 1.88. The Hall–Kier alpha value is -2.43. The first kappa shape index (κ1) is 14.0. The molecule has 0 aliphatic carbocycles. The maximum atomic E-state index is 5.31. The molecule has 0 aliphatic heterocycles. The van der Waals surface area contributed by atoms with Crippen molar-refractivity contribution in [3.63, 3.8) is 0 Å². The van der Waals surface area contributed by atoms with E-state index >= 15 is 0 Å². The van der Waals surface area contributed by atoms with E-state index in [9.17, 15) is 0 Å². The van der Waals surface area contributed by atoms with Crippen molar-refractivity contribution in [3.05, 3.63) is 42.2 Å². The SMILES string of the molecule is COc1cc(NCc2ccccn2)cc(OC)c1OC. The molecule has 5 nitrogen and oxygen atoms in total. The topological polar surface area (TPSA) is 52.6 Å². The number of methoxy groups -OCH3 is 3. The fraction of sp³-hybridized carbons (Fsp3) is 0.267. The van der Waals surface area contributed by atoms with Crippen LogP contribution in [0.1, 0.15) is 5.69 Å². The third kappa shape index (κ3) is 3.12. The summed E-state index contributed by atoms with van der Waals surface area (Å²) < 4.78 is 15.9. The molecule has 0 aliphatic rings. The van der Waals surface area contributed by atoms with Gasteiger partial charge in [0.15, 0.2) is 11.5 Å². The number of rotatable bonds is 6. The zero-order chi connectivity index (χ0) is 14.4. The number of ether oxygens (including phenoxy) is 3. The second kappa shape index (κ2) is 6.65. The quantitative estimate of drug-likeness (QED) is 0.877. The second-order valence-corrected chi connectivity index (χ2v) is 4.09. The Morgan fingerprint density at radius 1 is 1.00 bits per heavy atom. The molecular formula is C15H18N2O3. The van der Waals surface area contributed by atoms with Crippen molar-refractivity contribution in [2.24, 2.45) is 0 Å². The number of hydrogen-bond donors (Lipinski definition) is 1. The van der Waals surface area contributed by atoms with Gasteiger partial charge in [-0.15, -0.1) is 0 Å². The lowest BCUT2D eigenvalue weighted by Gasteiger charge is -2.15. The molecule has 1 heterocycles. The molecular weight excluding hydrogens is 256 g/mol. The average molecular weight is 274 g/mol. The number of benzene rings is 1. The molecule has 2 rings (SSSR count). The first-order valence-electron chi connectivity index (χ1n) is 6.22. The molecule has 0 fully saturated rings.